The molecule has 1 saturated heterocycles. The second-order valence-electron chi connectivity index (χ2n) is 13.5. The summed E-state index contributed by atoms with van der Waals surface area (Å²) in [5.41, 5.74) is 6.73. The summed E-state index contributed by atoms with van der Waals surface area (Å²) < 4.78 is 15.1. The van der Waals surface area contributed by atoms with Crippen LogP contribution in [-0.4, -0.2) is 22.9 Å². The highest BCUT2D eigenvalue weighted by Gasteiger charge is 2.51. The number of nitrogens with zero attached hydrogens (tertiary/aromatic N) is 1. The van der Waals surface area contributed by atoms with Crippen LogP contribution in [0.1, 0.15) is 80.4 Å². The van der Waals surface area contributed by atoms with Gasteiger partial charge in [0.25, 0.3) is 0 Å². The SMILES string of the molecule is CC(C)(C)c1ccc2c(c1)c1cc(C(C)(C)C)ccc1n2-c1cccc(B2OC(C)(C)C(C)(C)O2)c1. The summed E-state index contributed by atoms with van der Waals surface area (Å²) in [6, 6.07) is 22.5. The minimum absolute atomic E-state index is 0.0843. The van der Waals surface area contributed by atoms with Crippen LogP contribution < -0.4 is 5.46 Å². The molecule has 0 atom stereocenters. The van der Waals surface area contributed by atoms with Crippen LogP contribution in [-0.2, 0) is 20.1 Å². The zero-order chi connectivity index (χ0) is 26.3. The van der Waals surface area contributed by atoms with Crippen molar-refractivity contribution in [3.8, 4) is 5.69 Å². The van der Waals surface area contributed by atoms with Gasteiger partial charge in [-0.3, -0.25) is 0 Å². The Morgan fingerprint density at radius 3 is 1.56 bits per heavy atom. The quantitative estimate of drug-likeness (QED) is 0.274. The molecule has 3 nitrogen and oxygen atoms in total. The predicted octanol–water partition coefficient (Wildman–Crippen LogP) is 7.68. The van der Waals surface area contributed by atoms with Gasteiger partial charge in [-0.25, -0.2) is 0 Å². The van der Waals surface area contributed by atoms with E-state index in [0.29, 0.717) is 0 Å². The smallest absolute Gasteiger partial charge is 0.399 e. The average Bonchev–Trinajstić information content (AvgIpc) is 3.21. The van der Waals surface area contributed by atoms with E-state index in [2.05, 4.69) is 134 Å². The maximum absolute atomic E-state index is 6.37. The third-order valence-electron chi connectivity index (χ3n) is 8.15. The Bertz CT molecular complexity index is 1380. The van der Waals surface area contributed by atoms with E-state index in [1.165, 1.54) is 32.9 Å². The Balaban J connectivity index is 1.73. The number of fused-ring (bicyclic) bond motifs is 3. The number of hydrogen-bond acceptors (Lipinski definition) is 2. The van der Waals surface area contributed by atoms with Gasteiger partial charge in [0.1, 0.15) is 0 Å². The van der Waals surface area contributed by atoms with Crippen molar-refractivity contribution in [3.05, 3.63) is 71.8 Å². The summed E-state index contributed by atoms with van der Waals surface area (Å²) >= 11 is 0. The average molecular weight is 481 g/mol. The van der Waals surface area contributed by atoms with Gasteiger partial charge in [-0.1, -0.05) is 65.8 Å². The van der Waals surface area contributed by atoms with Gasteiger partial charge in [0.15, 0.2) is 0 Å². The molecular weight excluding hydrogens is 441 g/mol. The van der Waals surface area contributed by atoms with Crippen LogP contribution in [0.25, 0.3) is 27.5 Å². The molecule has 0 saturated carbocycles. The largest absolute Gasteiger partial charge is 0.494 e. The molecule has 0 bridgehead atoms. The Hall–Kier alpha value is -2.56. The van der Waals surface area contributed by atoms with E-state index in [4.69, 9.17) is 9.31 Å². The highest BCUT2D eigenvalue weighted by molar-refractivity contribution is 6.62. The number of hydrogen-bond donors (Lipinski definition) is 0. The van der Waals surface area contributed by atoms with Gasteiger partial charge in [-0.15, -0.1) is 0 Å². The van der Waals surface area contributed by atoms with Gasteiger partial charge in [0.05, 0.1) is 22.2 Å². The van der Waals surface area contributed by atoms with Crippen molar-refractivity contribution in [2.45, 2.75) is 91.3 Å². The molecule has 3 aromatic carbocycles. The zero-order valence-corrected chi connectivity index (χ0v) is 23.6. The van der Waals surface area contributed by atoms with Gasteiger partial charge in [-0.05, 0) is 91.5 Å². The van der Waals surface area contributed by atoms with Crippen molar-refractivity contribution in [2.24, 2.45) is 0 Å². The van der Waals surface area contributed by atoms with Crippen molar-refractivity contribution in [1.29, 1.82) is 0 Å². The minimum Gasteiger partial charge on any atom is -0.399 e. The van der Waals surface area contributed by atoms with E-state index in [1.54, 1.807) is 0 Å². The number of benzene rings is 3. The number of rotatable bonds is 2. The highest BCUT2D eigenvalue weighted by Crippen LogP contribution is 2.39. The first-order chi connectivity index (χ1) is 16.6. The molecule has 1 fully saturated rings. The maximum Gasteiger partial charge on any atom is 0.494 e. The van der Waals surface area contributed by atoms with Crippen molar-refractivity contribution in [2.75, 3.05) is 0 Å². The molecule has 1 aliphatic heterocycles. The van der Waals surface area contributed by atoms with Crippen LogP contribution in [0.2, 0.25) is 0 Å². The molecule has 1 aromatic heterocycles. The lowest BCUT2D eigenvalue weighted by Gasteiger charge is -2.32. The van der Waals surface area contributed by atoms with Crippen molar-refractivity contribution >= 4 is 34.4 Å². The lowest BCUT2D eigenvalue weighted by Crippen LogP contribution is -2.41. The Morgan fingerprint density at radius 1 is 0.639 bits per heavy atom. The summed E-state index contributed by atoms with van der Waals surface area (Å²) in [6.45, 7) is 22.1. The molecule has 4 heteroatoms. The molecule has 4 aromatic rings. The first-order valence-corrected chi connectivity index (χ1v) is 13.1. The fourth-order valence-corrected chi connectivity index (χ4v) is 5.02. The Morgan fingerprint density at radius 2 is 1.11 bits per heavy atom. The molecule has 0 unspecified atom stereocenters. The van der Waals surface area contributed by atoms with E-state index >= 15 is 0 Å². The monoisotopic (exact) mass is 481 g/mol. The van der Waals surface area contributed by atoms with Crippen LogP contribution >= 0.6 is 0 Å². The fourth-order valence-electron chi connectivity index (χ4n) is 5.02. The summed E-state index contributed by atoms with van der Waals surface area (Å²) in [7, 11) is -0.386. The predicted molar refractivity (Wildman–Crippen MR) is 154 cm³/mol. The summed E-state index contributed by atoms with van der Waals surface area (Å²) in [4.78, 5) is 0. The van der Waals surface area contributed by atoms with Gasteiger partial charge in [0.2, 0.25) is 0 Å². The van der Waals surface area contributed by atoms with Gasteiger partial charge in [-0.2, -0.15) is 0 Å². The van der Waals surface area contributed by atoms with E-state index in [9.17, 15) is 0 Å². The van der Waals surface area contributed by atoms with Gasteiger partial charge in [0, 0.05) is 16.5 Å². The molecule has 1 aliphatic rings. The normalized spacial score (nSPS) is 17.9. The summed E-state index contributed by atoms with van der Waals surface area (Å²) in [5.74, 6) is 0. The fraction of sp³-hybridized carbons (Fsp3) is 0.438. The van der Waals surface area contributed by atoms with E-state index < -0.39 is 0 Å². The van der Waals surface area contributed by atoms with Crippen LogP contribution in [0.3, 0.4) is 0 Å². The second-order valence-corrected chi connectivity index (χ2v) is 13.5. The maximum atomic E-state index is 6.37. The molecule has 0 spiro atoms. The van der Waals surface area contributed by atoms with Gasteiger partial charge >= 0.3 is 7.12 Å². The molecular formula is C32H40BNO2. The molecule has 5 rings (SSSR count). The number of aromatic nitrogens is 1. The molecule has 0 amide bonds. The van der Waals surface area contributed by atoms with Crippen LogP contribution in [0.5, 0.6) is 0 Å². The molecule has 2 heterocycles. The van der Waals surface area contributed by atoms with Crippen molar-refractivity contribution in [3.63, 3.8) is 0 Å². The molecule has 36 heavy (non-hydrogen) atoms. The third kappa shape index (κ3) is 4.09. The van der Waals surface area contributed by atoms with Gasteiger partial charge < -0.3 is 13.9 Å². The molecule has 0 N–H and O–H groups in total. The van der Waals surface area contributed by atoms with E-state index in [1.807, 2.05) is 0 Å². The van der Waals surface area contributed by atoms with E-state index in [-0.39, 0.29) is 29.2 Å². The second kappa shape index (κ2) is 7.97. The summed E-state index contributed by atoms with van der Waals surface area (Å²) in [5, 5.41) is 2.59. The molecule has 0 aliphatic carbocycles. The van der Waals surface area contributed by atoms with Crippen LogP contribution in [0, 0.1) is 0 Å². The zero-order valence-electron chi connectivity index (χ0n) is 23.6. The lowest BCUT2D eigenvalue weighted by molar-refractivity contribution is 0.00578. The van der Waals surface area contributed by atoms with Crippen molar-refractivity contribution in [1.82, 2.24) is 4.57 Å². The standard InChI is InChI=1S/C32H40BNO2/c1-29(2,3)21-14-16-27-25(18-21)26-19-22(30(4,5)6)15-17-28(26)34(27)24-13-11-12-23(20-24)33-35-31(7,8)32(9,10)36-33/h11-20H,1-10H3. The Labute approximate surface area is 216 Å². The Kier molecular flexibility index (Phi) is 5.56. The van der Waals surface area contributed by atoms with Crippen LogP contribution in [0.15, 0.2) is 60.7 Å². The minimum atomic E-state index is -0.386. The topological polar surface area (TPSA) is 23.4 Å². The first kappa shape index (κ1) is 25.1. The molecule has 188 valence electrons. The third-order valence-corrected chi connectivity index (χ3v) is 8.15. The first-order valence-electron chi connectivity index (χ1n) is 13.1. The van der Waals surface area contributed by atoms with Crippen LogP contribution in [0.4, 0.5) is 0 Å². The molecule has 0 radical (unpaired) electrons. The highest BCUT2D eigenvalue weighted by atomic mass is 16.7. The summed E-state index contributed by atoms with van der Waals surface area (Å²) in [6.07, 6.45) is 0. The van der Waals surface area contributed by atoms with E-state index in [0.717, 1.165) is 11.2 Å². The lowest BCUT2D eigenvalue weighted by atomic mass is 9.79. The van der Waals surface area contributed by atoms with Crippen molar-refractivity contribution < 1.29 is 9.31 Å².